The molecule has 5 heteroatoms. The first-order valence-electron chi connectivity index (χ1n) is 7.48. The fraction of sp³-hybridized carbons (Fsp3) is 0.222. The number of ether oxygens (including phenoxy) is 1. The summed E-state index contributed by atoms with van der Waals surface area (Å²) in [7, 11) is 0. The van der Waals surface area contributed by atoms with Gasteiger partial charge in [-0.05, 0) is 37.3 Å². The Labute approximate surface area is 135 Å². The second-order valence-corrected chi connectivity index (χ2v) is 4.85. The standard InChI is InChI=1S/C18H19N3O2/c1-2-23-17-9-4-3-8-16(17)20-11-10-18(22)21-15-7-5-6-14(12-15)13-19/h3-9,12,20H,2,10-11H2,1H3,(H,21,22). The van der Waals surface area contributed by atoms with Crippen molar-refractivity contribution in [1.82, 2.24) is 0 Å². The second kappa shape index (κ2) is 8.44. The van der Waals surface area contributed by atoms with Crippen LogP contribution in [0.1, 0.15) is 18.9 Å². The summed E-state index contributed by atoms with van der Waals surface area (Å²) in [5, 5.41) is 14.8. The number of hydrogen-bond acceptors (Lipinski definition) is 4. The van der Waals surface area contributed by atoms with Gasteiger partial charge in [0.1, 0.15) is 5.75 Å². The molecule has 2 aromatic rings. The van der Waals surface area contributed by atoms with E-state index < -0.39 is 0 Å². The number of carbonyl (C=O) groups is 1. The van der Waals surface area contributed by atoms with Crippen molar-refractivity contribution in [3.8, 4) is 11.8 Å². The minimum Gasteiger partial charge on any atom is -0.492 e. The van der Waals surface area contributed by atoms with Gasteiger partial charge in [0.05, 0.1) is 23.9 Å². The van der Waals surface area contributed by atoms with Gasteiger partial charge in [0.15, 0.2) is 0 Å². The van der Waals surface area contributed by atoms with Crippen LogP contribution in [0, 0.1) is 11.3 Å². The molecular formula is C18H19N3O2. The third kappa shape index (κ3) is 5.04. The molecule has 0 spiro atoms. The van der Waals surface area contributed by atoms with Crippen molar-refractivity contribution in [3.05, 3.63) is 54.1 Å². The highest BCUT2D eigenvalue weighted by Gasteiger charge is 2.05. The minimum atomic E-state index is -0.110. The van der Waals surface area contributed by atoms with Gasteiger partial charge >= 0.3 is 0 Å². The number of nitriles is 1. The molecule has 0 aliphatic heterocycles. The van der Waals surface area contributed by atoms with E-state index in [-0.39, 0.29) is 5.91 Å². The van der Waals surface area contributed by atoms with Crippen molar-refractivity contribution in [2.45, 2.75) is 13.3 Å². The average Bonchev–Trinajstić information content (AvgIpc) is 2.57. The molecule has 0 radical (unpaired) electrons. The molecule has 2 rings (SSSR count). The highest BCUT2D eigenvalue weighted by Crippen LogP contribution is 2.23. The quantitative estimate of drug-likeness (QED) is 0.822. The van der Waals surface area contributed by atoms with Gasteiger partial charge in [-0.3, -0.25) is 4.79 Å². The van der Waals surface area contributed by atoms with Gasteiger partial charge in [0.2, 0.25) is 5.91 Å². The van der Waals surface area contributed by atoms with Gasteiger partial charge in [-0.15, -0.1) is 0 Å². The maximum absolute atomic E-state index is 11.9. The number of rotatable bonds is 7. The van der Waals surface area contributed by atoms with Crippen LogP contribution in [0.5, 0.6) is 5.75 Å². The number of carbonyl (C=O) groups excluding carboxylic acids is 1. The smallest absolute Gasteiger partial charge is 0.226 e. The summed E-state index contributed by atoms with van der Waals surface area (Å²) in [5.74, 6) is 0.665. The van der Waals surface area contributed by atoms with E-state index in [1.165, 1.54) is 0 Å². The van der Waals surface area contributed by atoms with Gasteiger partial charge in [0.25, 0.3) is 0 Å². The lowest BCUT2D eigenvalue weighted by Gasteiger charge is -2.12. The first-order valence-corrected chi connectivity index (χ1v) is 7.48. The Balaban J connectivity index is 1.84. The Hall–Kier alpha value is -3.00. The summed E-state index contributed by atoms with van der Waals surface area (Å²) in [6.07, 6.45) is 0.317. The average molecular weight is 309 g/mol. The molecule has 0 aliphatic rings. The first-order chi connectivity index (χ1) is 11.2. The van der Waals surface area contributed by atoms with E-state index in [1.54, 1.807) is 24.3 Å². The van der Waals surface area contributed by atoms with Gasteiger partial charge in [-0.1, -0.05) is 18.2 Å². The maximum Gasteiger partial charge on any atom is 0.226 e. The molecule has 118 valence electrons. The van der Waals surface area contributed by atoms with Crippen LogP contribution in [-0.2, 0) is 4.79 Å². The number of nitrogens with one attached hydrogen (secondary N) is 2. The predicted octanol–water partition coefficient (Wildman–Crippen LogP) is 3.40. The lowest BCUT2D eigenvalue weighted by atomic mass is 10.2. The Kier molecular flexibility index (Phi) is 6.01. The highest BCUT2D eigenvalue weighted by atomic mass is 16.5. The van der Waals surface area contributed by atoms with Crippen LogP contribution in [-0.4, -0.2) is 19.1 Å². The van der Waals surface area contributed by atoms with Crippen molar-refractivity contribution < 1.29 is 9.53 Å². The summed E-state index contributed by atoms with van der Waals surface area (Å²) >= 11 is 0. The molecule has 0 bridgehead atoms. The van der Waals surface area contributed by atoms with Gasteiger partial charge in [-0.2, -0.15) is 5.26 Å². The zero-order chi connectivity index (χ0) is 16.5. The topological polar surface area (TPSA) is 74.2 Å². The number of para-hydroxylation sites is 2. The molecule has 0 unspecified atom stereocenters. The van der Waals surface area contributed by atoms with Crippen LogP contribution in [0.4, 0.5) is 11.4 Å². The third-order valence-electron chi connectivity index (χ3n) is 3.13. The molecule has 1 amide bonds. The molecule has 0 aliphatic carbocycles. The van der Waals surface area contributed by atoms with Crippen LogP contribution >= 0.6 is 0 Å². The summed E-state index contributed by atoms with van der Waals surface area (Å²) in [5.41, 5.74) is 2.02. The monoisotopic (exact) mass is 309 g/mol. The summed E-state index contributed by atoms with van der Waals surface area (Å²) in [6, 6.07) is 16.5. The van der Waals surface area contributed by atoms with E-state index in [0.29, 0.717) is 30.8 Å². The second-order valence-electron chi connectivity index (χ2n) is 4.85. The lowest BCUT2D eigenvalue weighted by Crippen LogP contribution is -2.16. The zero-order valence-electron chi connectivity index (χ0n) is 13.0. The highest BCUT2D eigenvalue weighted by molar-refractivity contribution is 5.91. The number of amides is 1. The normalized spacial score (nSPS) is 9.74. The maximum atomic E-state index is 11.9. The first kappa shape index (κ1) is 16.4. The van der Waals surface area contributed by atoms with Gasteiger partial charge < -0.3 is 15.4 Å². The number of hydrogen-bond donors (Lipinski definition) is 2. The SMILES string of the molecule is CCOc1ccccc1NCCC(=O)Nc1cccc(C#N)c1. The van der Waals surface area contributed by atoms with E-state index in [9.17, 15) is 4.79 Å². The van der Waals surface area contributed by atoms with Crippen LogP contribution in [0.2, 0.25) is 0 Å². The third-order valence-corrected chi connectivity index (χ3v) is 3.13. The predicted molar refractivity (Wildman–Crippen MR) is 90.5 cm³/mol. The van der Waals surface area contributed by atoms with E-state index in [4.69, 9.17) is 10.00 Å². The summed E-state index contributed by atoms with van der Waals surface area (Å²) in [6.45, 7) is 3.02. The van der Waals surface area contributed by atoms with E-state index in [1.807, 2.05) is 37.3 Å². The molecule has 0 fully saturated rings. The Morgan fingerprint density at radius 1 is 1.22 bits per heavy atom. The zero-order valence-corrected chi connectivity index (χ0v) is 13.0. The van der Waals surface area contributed by atoms with Crippen LogP contribution in [0.3, 0.4) is 0 Å². The van der Waals surface area contributed by atoms with Crippen molar-refractivity contribution in [3.63, 3.8) is 0 Å². The number of nitrogens with zero attached hydrogens (tertiary/aromatic N) is 1. The molecule has 0 heterocycles. The molecule has 5 nitrogen and oxygen atoms in total. The molecule has 2 aromatic carbocycles. The van der Waals surface area contributed by atoms with Crippen molar-refractivity contribution in [2.75, 3.05) is 23.8 Å². The molecule has 0 saturated heterocycles. The fourth-order valence-corrected chi connectivity index (χ4v) is 2.09. The molecule has 23 heavy (non-hydrogen) atoms. The summed E-state index contributed by atoms with van der Waals surface area (Å²) in [4.78, 5) is 11.9. The van der Waals surface area contributed by atoms with Crippen LogP contribution < -0.4 is 15.4 Å². The molecular weight excluding hydrogens is 290 g/mol. The van der Waals surface area contributed by atoms with Crippen LogP contribution in [0.25, 0.3) is 0 Å². The van der Waals surface area contributed by atoms with Gasteiger partial charge in [0, 0.05) is 18.7 Å². The van der Waals surface area contributed by atoms with E-state index in [0.717, 1.165) is 11.4 Å². The van der Waals surface area contributed by atoms with E-state index >= 15 is 0 Å². The number of anilines is 2. The fourth-order valence-electron chi connectivity index (χ4n) is 2.09. The molecule has 2 N–H and O–H groups in total. The molecule has 0 aromatic heterocycles. The van der Waals surface area contributed by atoms with Crippen molar-refractivity contribution >= 4 is 17.3 Å². The van der Waals surface area contributed by atoms with E-state index in [2.05, 4.69) is 10.6 Å². The van der Waals surface area contributed by atoms with Crippen LogP contribution in [0.15, 0.2) is 48.5 Å². The Morgan fingerprint density at radius 3 is 2.83 bits per heavy atom. The van der Waals surface area contributed by atoms with Crippen molar-refractivity contribution in [1.29, 1.82) is 5.26 Å². The molecule has 0 saturated carbocycles. The number of benzene rings is 2. The largest absolute Gasteiger partial charge is 0.492 e. The van der Waals surface area contributed by atoms with Crippen molar-refractivity contribution in [2.24, 2.45) is 0 Å². The summed E-state index contributed by atoms with van der Waals surface area (Å²) < 4.78 is 5.52. The lowest BCUT2D eigenvalue weighted by molar-refractivity contribution is -0.115. The van der Waals surface area contributed by atoms with Gasteiger partial charge in [-0.25, -0.2) is 0 Å². The Bertz CT molecular complexity index is 707. The molecule has 0 atom stereocenters. The minimum absolute atomic E-state index is 0.110. The Morgan fingerprint density at radius 2 is 2.04 bits per heavy atom.